The summed E-state index contributed by atoms with van der Waals surface area (Å²) in [6.45, 7) is 5.20. The highest BCUT2D eigenvalue weighted by molar-refractivity contribution is 5.70. The number of rotatable bonds is 5. The van der Waals surface area contributed by atoms with Crippen molar-refractivity contribution in [2.24, 2.45) is 0 Å². The van der Waals surface area contributed by atoms with Crippen LogP contribution < -0.4 is 4.90 Å². The third-order valence-electron chi connectivity index (χ3n) is 5.71. The molecule has 1 fully saturated rings. The molecule has 0 spiro atoms. The Bertz CT molecular complexity index is 849. The first-order chi connectivity index (χ1) is 12.5. The minimum absolute atomic E-state index is 0.0165. The van der Waals surface area contributed by atoms with Gasteiger partial charge in [-0.2, -0.15) is 0 Å². The highest BCUT2D eigenvalue weighted by Crippen LogP contribution is 2.35. The molecule has 1 saturated heterocycles. The Kier molecular flexibility index (Phi) is 4.39. The molecule has 26 heavy (non-hydrogen) atoms. The molecule has 136 valence electrons. The molecule has 1 aromatic carbocycles. The Morgan fingerprint density at radius 1 is 1.35 bits per heavy atom. The number of nitrogens with zero attached hydrogens (tertiary/aromatic N) is 3. The van der Waals surface area contributed by atoms with Crippen LogP contribution in [0.1, 0.15) is 55.8 Å². The molecule has 1 aliphatic carbocycles. The highest BCUT2D eigenvalue weighted by Gasteiger charge is 2.29. The van der Waals surface area contributed by atoms with Crippen molar-refractivity contribution in [2.45, 2.75) is 57.9 Å². The van der Waals surface area contributed by atoms with E-state index in [1.165, 1.54) is 17.7 Å². The molecule has 2 aromatic rings. The summed E-state index contributed by atoms with van der Waals surface area (Å²) in [6, 6.07) is 8.72. The van der Waals surface area contributed by atoms with Crippen molar-refractivity contribution >= 4 is 11.9 Å². The molecule has 1 aromatic heterocycles. The van der Waals surface area contributed by atoms with Gasteiger partial charge in [0.2, 0.25) is 5.95 Å². The molecule has 0 amide bonds. The van der Waals surface area contributed by atoms with Crippen molar-refractivity contribution in [1.82, 2.24) is 9.97 Å². The maximum absolute atomic E-state index is 11.1. The van der Waals surface area contributed by atoms with E-state index >= 15 is 0 Å². The Hall–Kier alpha value is -2.43. The lowest BCUT2D eigenvalue weighted by molar-refractivity contribution is -0.137. The summed E-state index contributed by atoms with van der Waals surface area (Å²) in [4.78, 5) is 23.1. The first-order valence-electron chi connectivity index (χ1n) is 9.51. The zero-order chi connectivity index (χ0) is 18.3. The highest BCUT2D eigenvalue weighted by atomic mass is 16.4. The number of carboxylic acids is 1. The molecule has 2 atom stereocenters. The second-order valence-corrected chi connectivity index (χ2v) is 7.61. The van der Waals surface area contributed by atoms with Crippen molar-refractivity contribution in [3.8, 4) is 11.3 Å². The third kappa shape index (κ3) is 3.06. The van der Waals surface area contributed by atoms with Crippen LogP contribution in [0.2, 0.25) is 0 Å². The molecule has 5 nitrogen and oxygen atoms in total. The molecule has 1 aliphatic heterocycles. The van der Waals surface area contributed by atoms with Gasteiger partial charge in [-0.15, -0.1) is 0 Å². The summed E-state index contributed by atoms with van der Waals surface area (Å²) in [5.41, 5.74) is 5.62. The zero-order valence-corrected chi connectivity index (χ0v) is 15.4. The van der Waals surface area contributed by atoms with Gasteiger partial charge in [0.15, 0.2) is 0 Å². The Labute approximate surface area is 154 Å². The summed E-state index contributed by atoms with van der Waals surface area (Å²) in [6.07, 6.45) is 4.51. The van der Waals surface area contributed by atoms with E-state index in [4.69, 9.17) is 15.1 Å². The molecule has 2 heterocycles. The van der Waals surface area contributed by atoms with Crippen LogP contribution in [0.3, 0.4) is 0 Å². The zero-order valence-electron chi connectivity index (χ0n) is 15.4. The lowest BCUT2D eigenvalue weighted by Gasteiger charge is -2.39. The van der Waals surface area contributed by atoms with Gasteiger partial charge in [0, 0.05) is 29.4 Å². The van der Waals surface area contributed by atoms with E-state index < -0.39 is 5.97 Å². The van der Waals surface area contributed by atoms with E-state index in [-0.39, 0.29) is 12.3 Å². The molecule has 1 N–H and O–H groups in total. The monoisotopic (exact) mass is 351 g/mol. The van der Waals surface area contributed by atoms with Crippen LogP contribution in [0.25, 0.3) is 11.3 Å². The maximum atomic E-state index is 11.1. The quantitative estimate of drug-likeness (QED) is 0.887. The summed E-state index contributed by atoms with van der Waals surface area (Å²) in [5.74, 6) is 0.0699. The average molecular weight is 351 g/mol. The number of hydrogen-bond donors (Lipinski definition) is 1. The fraction of sp³-hybridized carbons (Fsp3) is 0.476. The topological polar surface area (TPSA) is 66.3 Å². The van der Waals surface area contributed by atoms with E-state index in [0.29, 0.717) is 6.04 Å². The Morgan fingerprint density at radius 2 is 2.19 bits per heavy atom. The van der Waals surface area contributed by atoms with Gasteiger partial charge in [-0.1, -0.05) is 25.1 Å². The van der Waals surface area contributed by atoms with Crippen LogP contribution in [-0.2, 0) is 17.6 Å². The molecular formula is C21H25N3O2. The lowest BCUT2D eigenvalue weighted by atomic mass is 9.94. The summed E-state index contributed by atoms with van der Waals surface area (Å²) >= 11 is 0. The number of benzene rings is 1. The van der Waals surface area contributed by atoms with Crippen molar-refractivity contribution in [3.05, 3.63) is 41.1 Å². The number of carbonyl (C=O) groups is 1. The molecule has 2 aliphatic rings. The number of fused-ring (bicyclic) bond motifs is 1. The largest absolute Gasteiger partial charge is 0.481 e. The predicted molar refractivity (Wildman–Crippen MR) is 102 cm³/mol. The number of hydrogen-bond acceptors (Lipinski definition) is 4. The van der Waals surface area contributed by atoms with Crippen molar-refractivity contribution in [1.29, 1.82) is 0 Å². The van der Waals surface area contributed by atoms with Crippen LogP contribution >= 0.6 is 0 Å². The van der Waals surface area contributed by atoms with Gasteiger partial charge in [0.05, 0.1) is 12.1 Å². The maximum Gasteiger partial charge on any atom is 0.303 e. The minimum atomic E-state index is -0.764. The minimum Gasteiger partial charge on any atom is -0.481 e. The van der Waals surface area contributed by atoms with Gasteiger partial charge in [-0.05, 0) is 50.2 Å². The van der Waals surface area contributed by atoms with Crippen molar-refractivity contribution in [3.63, 3.8) is 0 Å². The van der Waals surface area contributed by atoms with Gasteiger partial charge >= 0.3 is 5.97 Å². The first-order valence-corrected chi connectivity index (χ1v) is 9.51. The lowest BCUT2D eigenvalue weighted by Crippen LogP contribution is -2.46. The average Bonchev–Trinajstić information content (AvgIpc) is 3.08. The number of aryl methyl sites for hydroxylation is 1. The standard InChI is InChI=1S/C21H25N3O2/c1-13(11-19(25)26)15-5-3-6-16(12-15)20-17-7-4-8-18(17)22-21(23-20)24-10-9-14(24)2/h3,5-6,12-14H,4,7-11H2,1-2H3,(H,25,26)/t13?,14-/m0/s1. The van der Waals surface area contributed by atoms with Crippen LogP contribution in [0, 0.1) is 0 Å². The number of aromatic nitrogens is 2. The molecular weight excluding hydrogens is 326 g/mol. The molecule has 5 heteroatoms. The predicted octanol–water partition coefficient (Wildman–Crippen LogP) is 3.81. The fourth-order valence-electron chi connectivity index (χ4n) is 3.97. The van der Waals surface area contributed by atoms with Gasteiger partial charge in [-0.25, -0.2) is 9.97 Å². The normalized spacial score (nSPS) is 19.8. The van der Waals surface area contributed by atoms with Crippen molar-refractivity contribution < 1.29 is 9.90 Å². The van der Waals surface area contributed by atoms with Gasteiger partial charge in [0.1, 0.15) is 0 Å². The van der Waals surface area contributed by atoms with Gasteiger partial charge in [-0.3, -0.25) is 4.79 Å². The SMILES string of the molecule is CC(CC(=O)O)c1cccc(-c2nc(N3CC[C@@H]3C)nc3c2CCC3)c1. The van der Waals surface area contributed by atoms with Crippen LogP contribution in [0.4, 0.5) is 5.95 Å². The van der Waals surface area contributed by atoms with E-state index in [2.05, 4.69) is 24.0 Å². The van der Waals surface area contributed by atoms with Gasteiger partial charge in [0.25, 0.3) is 0 Å². The molecule has 0 radical (unpaired) electrons. The van der Waals surface area contributed by atoms with Gasteiger partial charge < -0.3 is 10.0 Å². The smallest absolute Gasteiger partial charge is 0.303 e. The van der Waals surface area contributed by atoms with Crippen LogP contribution in [-0.4, -0.2) is 33.6 Å². The second kappa shape index (κ2) is 6.71. The second-order valence-electron chi connectivity index (χ2n) is 7.61. The van der Waals surface area contributed by atoms with Crippen molar-refractivity contribution in [2.75, 3.05) is 11.4 Å². The van der Waals surface area contributed by atoms with E-state index in [9.17, 15) is 4.79 Å². The summed E-state index contributed by atoms with van der Waals surface area (Å²) in [7, 11) is 0. The fourth-order valence-corrected chi connectivity index (χ4v) is 3.97. The number of carboxylic acid groups (broad SMARTS) is 1. The first kappa shape index (κ1) is 17.0. The van der Waals surface area contributed by atoms with E-state index in [1.54, 1.807) is 0 Å². The molecule has 4 rings (SSSR count). The molecule has 0 saturated carbocycles. The van der Waals surface area contributed by atoms with Crippen LogP contribution in [0.5, 0.6) is 0 Å². The van der Waals surface area contributed by atoms with E-state index in [1.807, 2.05) is 19.1 Å². The summed E-state index contributed by atoms with van der Waals surface area (Å²) in [5, 5.41) is 9.09. The third-order valence-corrected chi connectivity index (χ3v) is 5.71. The Morgan fingerprint density at radius 3 is 2.88 bits per heavy atom. The van der Waals surface area contributed by atoms with Crippen LogP contribution in [0.15, 0.2) is 24.3 Å². The number of aliphatic carboxylic acids is 1. The summed E-state index contributed by atoms with van der Waals surface area (Å²) < 4.78 is 0. The Balaban J connectivity index is 1.74. The number of anilines is 1. The van der Waals surface area contributed by atoms with E-state index in [0.717, 1.165) is 48.6 Å². The molecule has 1 unspecified atom stereocenters. The molecule has 0 bridgehead atoms.